The summed E-state index contributed by atoms with van der Waals surface area (Å²) in [7, 11) is 1.70. The van der Waals surface area contributed by atoms with Crippen molar-refractivity contribution in [2.75, 3.05) is 13.7 Å². The number of methoxy groups -OCH3 is 1. The van der Waals surface area contributed by atoms with Crippen LogP contribution >= 0.6 is 0 Å². The maximum Gasteiger partial charge on any atom is 0.128 e. The average molecular weight is 274 g/mol. The van der Waals surface area contributed by atoms with Crippen LogP contribution < -0.4 is 10.1 Å². The van der Waals surface area contributed by atoms with Gasteiger partial charge in [0.1, 0.15) is 5.75 Å². The molecule has 5 heteroatoms. The number of rotatable bonds is 6. The number of aromatic nitrogens is 3. The van der Waals surface area contributed by atoms with E-state index in [1.54, 1.807) is 7.11 Å². The molecular weight excluding hydrogens is 252 g/mol. The fourth-order valence-electron chi connectivity index (χ4n) is 2.28. The lowest BCUT2D eigenvalue weighted by Gasteiger charge is -2.13. The van der Waals surface area contributed by atoms with Gasteiger partial charge in [0, 0.05) is 30.1 Å². The summed E-state index contributed by atoms with van der Waals surface area (Å²) >= 11 is 0. The molecular formula is C15H22N4O. The highest BCUT2D eigenvalue weighted by Gasteiger charge is 2.11. The molecule has 2 aromatic heterocycles. The van der Waals surface area contributed by atoms with Gasteiger partial charge in [-0.3, -0.25) is 9.67 Å². The van der Waals surface area contributed by atoms with Crippen LogP contribution in [0.3, 0.4) is 0 Å². The van der Waals surface area contributed by atoms with Gasteiger partial charge in [-0.15, -0.1) is 0 Å². The lowest BCUT2D eigenvalue weighted by molar-refractivity contribution is 0.406. The standard InChI is InChI=1S/C15H22N4O/c1-5-16-9-13-6-7-18-19(13)10-14-12(3)15(20-4)11(2)8-17-14/h6-8,16H,5,9-10H2,1-4H3. The molecule has 2 aromatic rings. The molecule has 2 heterocycles. The summed E-state index contributed by atoms with van der Waals surface area (Å²) in [5, 5.41) is 7.70. The largest absolute Gasteiger partial charge is 0.496 e. The highest BCUT2D eigenvalue weighted by atomic mass is 16.5. The van der Waals surface area contributed by atoms with Crippen LogP contribution in [-0.2, 0) is 13.1 Å². The molecule has 0 aliphatic heterocycles. The molecule has 108 valence electrons. The van der Waals surface area contributed by atoms with Gasteiger partial charge in [0.2, 0.25) is 0 Å². The minimum atomic E-state index is 0.663. The number of aryl methyl sites for hydroxylation is 1. The molecule has 0 aliphatic carbocycles. The molecule has 0 fully saturated rings. The van der Waals surface area contributed by atoms with E-state index in [-0.39, 0.29) is 0 Å². The molecule has 0 aromatic carbocycles. The fourth-order valence-corrected chi connectivity index (χ4v) is 2.28. The molecule has 2 rings (SSSR count). The molecule has 0 radical (unpaired) electrons. The second kappa shape index (κ2) is 6.52. The predicted octanol–water partition coefficient (Wildman–Crippen LogP) is 2.06. The Hall–Kier alpha value is -1.88. The van der Waals surface area contributed by atoms with Gasteiger partial charge in [-0.05, 0) is 26.5 Å². The average Bonchev–Trinajstić information content (AvgIpc) is 2.87. The maximum atomic E-state index is 5.45. The summed E-state index contributed by atoms with van der Waals surface area (Å²) < 4.78 is 7.43. The van der Waals surface area contributed by atoms with E-state index in [9.17, 15) is 0 Å². The second-order valence-corrected chi connectivity index (χ2v) is 4.81. The first-order chi connectivity index (χ1) is 9.67. The number of hydrogen-bond acceptors (Lipinski definition) is 4. The number of ether oxygens (including phenoxy) is 1. The lowest BCUT2D eigenvalue weighted by atomic mass is 10.1. The molecule has 1 N–H and O–H groups in total. The van der Waals surface area contributed by atoms with E-state index in [2.05, 4.69) is 22.3 Å². The maximum absolute atomic E-state index is 5.45. The second-order valence-electron chi connectivity index (χ2n) is 4.81. The van der Waals surface area contributed by atoms with Gasteiger partial charge >= 0.3 is 0 Å². The Morgan fingerprint density at radius 2 is 2.15 bits per heavy atom. The van der Waals surface area contributed by atoms with Crippen molar-refractivity contribution in [3.05, 3.63) is 41.0 Å². The Morgan fingerprint density at radius 1 is 1.35 bits per heavy atom. The van der Waals surface area contributed by atoms with Crippen molar-refractivity contribution in [2.24, 2.45) is 0 Å². The quantitative estimate of drug-likeness (QED) is 0.876. The smallest absolute Gasteiger partial charge is 0.128 e. The third-order valence-electron chi connectivity index (χ3n) is 3.41. The number of pyridine rings is 1. The SMILES string of the molecule is CCNCc1ccnn1Cc1ncc(C)c(OC)c1C. The predicted molar refractivity (Wildman–Crippen MR) is 79.0 cm³/mol. The molecule has 20 heavy (non-hydrogen) atoms. The summed E-state index contributed by atoms with van der Waals surface area (Å²) in [5.41, 5.74) is 4.29. The Labute approximate surface area is 120 Å². The summed E-state index contributed by atoms with van der Waals surface area (Å²) in [4.78, 5) is 4.52. The lowest BCUT2D eigenvalue weighted by Crippen LogP contribution is -2.17. The molecule has 0 saturated heterocycles. The Kier molecular flexibility index (Phi) is 4.74. The Bertz CT molecular complexity index is 577. The van der Waals surface area contributed by atoms with Crippen molar-refractivity contribution in [2.45, 2.75) is 33.9 Å². The zero-order valence-electron chi connectivity index (χ0n) is 12.6. The van der Waals surface area contributed by atoms with E-state index < -0.39 is 0 Å². The zero-order valence-corrected chi connectivity index (χ0v) is 12.6. The molecule has 0 atom stereocenters. The van der Waals surface area contributed by atoms with Gasteiger partial charge in [-0.2, -0.15) is 5.10 Å². The zero-order chi connectivity index (χ0) is 14.5. The van der Waals surface area contributed by atoms with Crippen LogP contribution in [0.4, 0.5) is 0 Å². The van der Waals surface area contributed by atoms with E-state index in [0.29, 0.717) is 6.54 Å². The van der Waals surface area contributed by atoms with E-state index in [4.69, 9.17) is 4.74 Å². The van der Waals surface area contributed by atoms with Crippen molar-refractivity contribution in [3.63, 3.8) is 0 Å². The van der Waals surface area contributed by atoms with Crippen molar-refractivity contribution < 1.29 is 4.74 Å². The van der Waals surface area contributed by atoms with E-state index in [1.165, 1.54) is 0 Å². The van der Waals surface area contributed by atoms with Crippen LogP contribution in [-0.4, -0.2) is 28.4 Å². The summed E-state index contributed by atoms with van der Waals surface area (Å²) in [6.07, 6.45) is 3.68. The monoisotopic (exact) mass is 274 g/mol. The number of hydrogen-bond donors (Lipinski definition) is 1. The molecule has 0 bridgehead atoms. The first-order valence-electron chi connectivity index (χ1n) is 6.87. The van der Waals surface area contributed by atoms with E-state index in [0.717, 1.165) is 41.4 Å². The third kappa shape index (κ3) is 2.99. The summed E-state index contributed by atoms with van der Waals surface area (Å²) in [6.45, 7) is 8.57. The van der Waals surface area contributed by atoms with Crippen molar-refractivity contribution in [1.82, 2.24) is 20.1 Å². The van der Waals surface area contributed by atoms with Crippen LogP contribution in [0.2, 0.25) is 0 Å². The van der Waals surface area contributed by atoms with Gasteiger partial charge in [-0.1, -0.05) is 6.92 Å². The third-order valence-corrected chi connectivity index (χ3v) is 3.41. The van der Waals surface area contributed by atoms with Gasteiger partial charge < -0.3 is 10.1 Å². The normalized spacial score (nSPS) is 10.8. The van der Waals surface area contributed by atoms with Crippen LogP contribution in [0.25, 0.3) is 0 Å². The van der Waals surface area contributed by atoms with E-state index >= 15 is 0 Å². The minimum Gasteiger partial charge on any atom is -0.496 e. The Balaban J connectivity index is 2.24. The van der Waals surface area contributed by atoms with Gasteiger partial charge in [-0.25, -0.2) is 0 Å². The van der Waals surface area contributed by atoms with Crippen molar-refractivity contribution >= 4 is 0 Å². The van der Waals surface area contributed by atoms with Crippen LogP contribution in [0.15, 0.2) is 18.5 Å². The van der Waals surface area contributed by atoms with Crippen LogP contribution in [0, 0.1) is 13.8 Å². The van der Waals surface area contributed by atoms with Gasteiger partial charge in [0.05, 0.1) is 25.0 Å². The van der Waals surface area contributed by atoms with Crippen molar-refractivity contribution in [1.29, 1.82) is 0 Å². The van der Waals surface area contributed by atoms with Gasteiger partial charge in [0.15, 0.2) is 0 Å². The molecule has 0 spiro atoms. The molecule has 0 saturated carbocycles. The first-order valence-corrected chi connectivity index (χ1v) is 6.87. The highest BCUT2D eigenvalue weighted by Crippen LogP contribution is 2.24. The van der Waals surface area contributed by atoms with E-state index in [1.807, 2.05) is 37.0 Å². The highest BCUT2D eigenvalue weighted by molar-refractivity contribution is 5.41. The minimum absolute atomic E-state index is 0.663. The van der Waals surface area contributed by atoms with Crippen LogP contribution in [0.5, 0.6) is 5.75 Å². The molecule has 0 unspecified atom stereocenters. The van der Waals surface area contributed by atoms with Crippen LogP contribution in [0.1, 0.15) is 29.4 Å². The molecule has 0 amide bonds. The molecule has 0 aliphatic rings. The van der Waals surface area contributed by atoms with Crippen molar-refractivity contribution in [3.8, 4) is 5.75 Å². The Morgan fingerprint density at radius 3 is 2.85 bits per heavy atom. The summed E-state index contributed by atoms with van der Waals surface area (Å²) in [5.74, 6) is 0.912. The first kappa shape index (κ1) is 14.5. The fraction of sp³-hybridized carbons (Fsp3) is 0.467. The van der Waals surface area contributed by atoms with Gasteiger partial charge in [0.25, 0.3) is 0 Å². The number of nitrogens with zero attached hydrogens (tertiary/aromatic N) is 3. The topological polar surface area (TPSA) is 52.0 Å². The molecule has 5 nitrogen and oxygen atoms in total. The number of nitrogens with one attached hydrogen (secondary N) is 1. The summed E-state index contributed by atoms with van der Waals surface area (Å²) in [6, 6.07) is 2.03.